The number of carbonyl (C=O) groups excluding carboxylic acids is 7. The Hall–Kier alpha value is -9.35. The van der Waals surface area contributed by atoms with Crippen molar-refractivity contribution in [3.8, 4) is 0 Å². The quantitative estimate of drug-likeness (QED) is 0.0160. The Balaban J connectivity index is 1.52. The SMILES string of the molecule is N=C(N)NC(NC(=O)C(NC(=N)N)NC(=O)C(NC(=N)N)NC(=O)C(NC(=N)N)NC(=O)C(NC(=O)C(O)NCc1cc2ccccc2c2ccccc12)c1ccccc1)C(=O)NC(N)C(N)=O. The van der Waals surface area contributed by atoms with Gasteiger partial charge in [0.1, 0.15) is 6.04 Å². The number of primary amides is 1. The number of nitrogens with one attached hydrogen (secondary N) is 15. The topological polar surface area (TPSA) is 524 Å². The number of benzene rings is 4. The molecule has 4 aromatic carbocycles. The summed E-state index contributed by atoms with van der Waals surface area (Å²) >= 11 is 0. The summed E-state index contributed by atoms with van der Waals surface area (Å²) in [6.07, 6.45) is -11.9. The van der Waals surface area contributed by atoms with Gasteiger partial charge < -0.3 is 92.7 Å². The van der Waals surface area contributed by atoms with Crippen LogP contribution < -0.4 is 92.9 Å². The van der Waals surface area contributed by atoms with Crippen LogP contribution in [0.4, 0.5) is 0 Å². The lowest BCUT2D eigenvalue weighted by Gasteiger charge is -2.28. The lowest BCUT2D eigenvalue weighted by atomic mass is 9.97. The first-order valence-corrected chi connectivity index (χ1v) is 19.8. The third kappa shape index (κ3) is 14.6. The number of carbonyl (C=O) groups is 7. The number of rotatable bonds is 21. The van der Waals surface area contributed by atoms with E-state index >= 15 is 0 Å². The molecular weight excluding hydrogens is 891 g/mol. The van der Waals surface area contributed by atoms with Gasteiger partial charge in [-0.2, -0.15) is 0 Å². The fourth-order valence-electron chi connectivity index (χ4n) is 6.24. The van der Waals surface area contributed by atoms with Crippen LogP contribution in [0, 0.1) is 21.6 Å². The van der Waals surface area contributed by atoms with Gasteiger partial charge in [-0.3, -0.25) is 60.5 Å². The Kier molecular flexibility index (Phi) is 17.8. The van der Waals surface area contributed by atoms with Crippen molar-refractivity contribution in [2.75, 3.05) is 0 Å². The Morgan fingerprint density at radius 2 is 0.868 bits per heavy atom. The summed E-state index contributed by atoms with van der Waals surface area (Å²) in [5, 5.41) is 69.3. The largest absolute Gasteiger partial charge is 0.370 e. The Labute approximate surface area is 385 Å². The van der Waals surface area contributed by atoms with E-state index in [2.05, 4.69) is 42.5 Å². The summed E-state index contributed by atoms with van der Waals surface area (Å²) in [5.41, 5.74) is 33.1. The van der Waals surface area contributed by atoms with Gasteiger partial charge >= 0.3 is 0 Å². The van der Waals surface area contributed by atoms with E-state index < -0.39 is 108 Å². The maximum Gasteiger partial charge on any atom is 0.265 e. The average Bonchev–Trinajstić information content (AvgIpc) is 3.28. The lowest BCUT2D eigenvalue weighted by Crippen LogP contribution is -2.69. The van der Waals surface area contributed by atoms with Crippen molar-refractivity contribution in [3.63, 3.8) is 0 Å². The van der Waals surface area contributed by atoms with E-state index in [1.54, 1.807) is 18.2 Å². The molecule has 28 N–H and O–H groups in total. The Morgan fingerprint density at radius 3 is 1.32 bits per heavy atom. The highest BCUT2D eigenvalue weighted by Gasteiger charge is 2.35. The molecular formula is C39H51N21O8. The van der Waals surface area contributed by atoms with Crippen LogP contribution in [-0.2, 0) is 40.1 Å². The first kappa shape index (κ1) is 51.3. The van der Waals surface area contributed by atoms with Gasteiger partial charge in [-0.25, -0.2) is 0 Å². The maximum atomic E-state index is 14.0. The molecule has 7 amide bonds. The van der Waals surface area contributed by atoms with Crippen LogP contribution in [0.3, 0.4) is 0 Å². The molecule has 0 fully saturated rings. The van der Waals surface area contributed by atoms with Crippen molar-refractivity contribution in [2.24, 2.45) is 34.4 Å². The minimum Gasteiger partial charge on any atom is -0.370 e. The predicted octanol–water partition coefficient (Wildman–Crippen LogP) is -7.15. The molecule has 7 unspecified atom stereocenters. The summed E-state index contributed by atoms with van der Waals surface area (Å²) in [5.74, 6) is -12.4. The number of guanidine groups is 4. The lowest BCUT2D eigenvalue weighted by molar-refractivity contribution is -0.137. The highest BCUT2D eigenvalue weighted by Crippen LogP contribution is 2.28. The van der Waals surface area contributed by atoms with Gasteiger partial charge in [-0.1, -0.05) is 78.9 Å². The molecule has 0 spiro atoms. The summed E-state index contributed by atoms with van der Waals surface area (Å²) in [6.45, 7) is 0.0223. The first-order chi connectivity index (χ1) is 32.1. The van der Waals surface area contributed by atoms with Crippen molar-refractivity contribution in [1.82, 2.24) is 58.5 Å². The molecule has 0 aliphatic rings. The van der Waals surface area contributed by atoms with Gasteiger partial charge in [0.15, 0.2) is 60.9 Å². The highest BCUT2D eigenvalue weighted by atomic mass is 16.3. The molecule has 29 heteroatoms. The predicted molar refractivity (Wildman–Crippen MR) is 245 cm³/mol. The summed E-state index contributed by atoms with van der Waals surface area (Å²) in [4.78, 5) is 92.3. The molecule has 4 rings (SSSR count). The van der Waals surface area contributed by atoms with Crippen LogP contribution in [0.15, 0.2) is 84.9 Å². The van der Waals surface area contributed by atoms with Crippen LogP contribution in [0.25, 0.3) is 21.5 Å². The van der Waals surface area contributed by atoms with E-state index in [4.69, 9.17) is 56.0 Å². The van der Waals surface area contributed by atoms with E-state index in [0.717, 1.165) is 27.1 Å². The Morgan fingerprint density at radius 1 is 0.471 bits per heavy atom. The summed E-state index contributed by atoms with van der Waals surface area (Å²) in [6, 6.07) is 23.2. The summed E-state index contributed by atoms with van der Waals surface area (Å²) < 4.78 is 0. The highest BCUT2D eigenvalue weighted by molar-refractivity contribution is 6.09. The number of amides is 7. The maximum absolute atomic E-state index is 14.0. The molecule has 0 aromatic heterocycles. The molecule has 0 saturated heterocycles. The second-order valence-corrected chi connectivity index (χ2v) is 14.3. The fraction of sp³-hybridized carbons (Fsp3) is 0.205. The third-order valence-electron chi connectivity index (χ3n) is 9.27. The molecule has 68 heavy (non-hydrogen) atoms. The smallest absolute Gasteiger partial charge is 0.265 e. The minimum absolute atomic E-state index is 0.0223. The normalized spacial score (nSPS) is 13.8. The number of hydrogen-bond acceptors (Lipinski definition) is 14. The van der Waals surface area contributed by atoms with Crippen molar-refractivity contribution < 1.29 is 38.7 Å². The minimum atomic E-state index is -2.12. The van der Waals surface area contributed by atoms with Crippen molar-refractivity contribution >= 4 is 86.7 Å². The van der Waals surface area contributed by atoms with Gasteiger partial charge in [0.05, 0.1) is 0 Å². The second-order valence-electron chi connectivity index (χ2n) is 14.3. The standard InChI is InChI=1S/C39H51N21O8/c40-23(24(41)61)52-30(63)25(57-36(42)43)54-32(65)27(59-38(46)47)56-33(66)28(60-39(48)49)55-31(64)26(58-37(44)45)53-29(62)22(16-8-2-1-3-9-16)51-35(68)34(67)50-15-18-14-17-10-4-5-11-19(17)21-13-7-6-12-20(18)21/h1-14,22-23,25-28,34,50,67H,15,40H2,(H2,41,61)(H,51,68)(H,52,63)(H,53,62)(H,54,65)(H,55,64)(H,56,66)(H4,42,43,57)(H4,44,45,58)(H4,46,47,59)(H4,48,49,60). The molecule has 0 aliphatic heterocycles. The fourth-order valence-corrected chi connectivity index (χ4v) is 6.24. The Bertz CT molecular complexity index is 2600. The molecule has 0 aliphatic carbocycles. The van der Waals surface area contributed by atoms with Crippen molar-refractivity contribution in [3.05, 3.63) is 96.1 Å². The van der Waals surface area contributed by atoms with Crippen LogP contribution in [0.2, 0.25) is 0 Å². The van der Waals surface area contributed by atoms with Gasteiger partial charge in [-0.05, 0) is 38.7 Å². The molecule has 29 nitrogen and oxygen atoms in total. The van der Waals surface area contributed by atoms with Gasteiger partial charge in [0, 0.05) is 6.54 Å². The van der Waals surface area contributed by atoms with E-state index in [1.165, 1.54) is 12.1 Å². The van der Waals surface area contributed by atoms with Gasteiger partial charge in [0.2, 0.25) is 5.91 Å². The number of aliphatic hydroxyl groups is 1. The molecule has 0 heterocycles. The van der Waals surface area contributed by atoms with E-state index in [-0.39, 0.29) is 12.1 Å². The summed E-state index contributed by atoms with van der Waals surface area (Å²) in [7, 11) is 0. The van der Waals surface area contributed by atoms with E-state index in [0.29, 0.717) is 0 Å². The third-order valence-corrected chi connectivity index (χ3v) is 9.27. The number of aliphatic hydroxyl groups excluding tert-OH is 1. The van der Waals surface area contributed by atoms with Crippen LogP contribution in [0.5, 0.6) is 0 Å². The van der Waals surface area contributed by atoms with Gasteiger partial charge in [0.25, 0.3) is 35.4 Å². The molecule has 0 radical (unpaired) electrons. The number of nitrogens with two attached hydrogens (primary N) is 6. The molecule has 0 bridgehead atoms. The molecule has 360 valence electrons. The zero-order valence-corrected chi connectivity index (χ0v) is 35.6. The number of hydrogen-bond donors (Lipinski definition) is 22. The van der Waals surface area contributed by atoms with Crippen LogP contribution in [-0.4, -0.2) is 107 Å². The van der Waals surface area contributed by atoms with E-state index in [1.807, 2.05) is 70.5 Å². The monoisotopic (exact) mass is 941 g/mol. The number of fused-ring (bicyclic) bond motifs is 3. The van der Waals surface area contributed by atoms with Crippen molar-refractivity contribution in [2.45, 2.75) is 49.6 Å². The van der Waals surface area contributed by atoms with Crippen molar-refractivity contribution in [1.29, 1.82) is 21.6 Å². The molecule has 4 aromatic rings. The van der Waals surface area contributed by atoms with Crippen LogP contribution in [0.1, 0.15) is 17.2 Å². The molecule has 0 saturated carbocycles. The first-order valence-electron chi connectivity index (χ1n) is 19.8. The van der Waals surface area contributed by atoms with E-state index in [9.17, 15) is 38.7 Å². The van der Waals surface area contributed by atoms with Crippen LogP contribution >= 0.6 is 0 Å². The molecule has 7 atom stereocenters. The zero-order chi connectivity index (χ0) is 50.2. The second kappa shape index (κ2) is 23.5. The zero-order valence-electron chi connectivity index (χ0n) is 35.6. The van der Waals surface area contributed by atoms with Gasteiger partial charge in [-0.15, -0.1) is 0 Å². The average molecular weight is 942 g/mol.